The highest BCUT2D eigenvalue weighted by Crippen LogP contribution is 2.26. The van der Waals surface area contributed by atoms with Crippen LogP contribution in [0.1, 0.15) is 22.3 Å². The first-order valence-electron chi connectivity index (χ1n) is 12.0. The monoisotopic (exact) mass is 574 g/mol. The van der Waals surface area contributed by atoms with E-state index in [1.807, 2.05) is 24.3 Å². The topological polar surface area (TPSA) is 93.1 Å². The van der Waals surface area contributed by atoms with Crippen molar-refractivity contribution in [3.8, 4) is 35.2 Å². The number of halogens is 2. The first kappa shape index (κ1) is 29.9. The Balaban J connectivity index is 1.45. The van der Waals surface area contributed by atoms with Gasteiger partial charge in [0.1, 0.15) is 24.7 Å². The smallest absolute Gasteiger partial charge is 0.307 e. The quantitative estimate of drug-likeness (QED) is 0.279. The fourth-order valence-corrected chi connectivity index (χ4v) is 3.82. The predicted molar refractivity (Wildman–Crippen MR) is 155 cm³/mol. The number of carbonyl (C=O) groups is 2. The fourth-order valence-electron chi connectivity index (χ4n) is 3.31. The average Bonchev–Trinajstić information content (AvgIpc) is 2.90. The number of rotatable bonds is 10. The molecule has 0 aliphatic rings. The molecule has 0 radical (unpaired) electrons. The first-order chi connectivity index (χ1) is 19.3. The van der Waals surface area contributed by atoms with E-state index >= 15 is 0 Å². The van der Waals surface area contributed by atoms with Gasteiger partial charge in [0.25, 0.3) is 0 Å². The summed E-state index contributed by atoms with van der Waals surface area (Å²) in [6.07, 6.45) is 6.67. The zero-order valence-corrected chi connectivity index (χ0v) is 22.7. The summed E-state index contributed by atoms with van der Waals surface area (Å²) in [4.78, 5) is 21.6. The molecule has 0 aliphatic heterocycles. The summed E-state index contributed by atoms with van der Waals surface area (Å²) < 4.78 is 11.2. The van der Waals surface area contributed by atoms with Gasteiger partial charge in [0.15, 0.2) is 0 Å². The van der Waals surface area contributed by atoms with Gasteiger partial charge in [-0.2, -0.15) is 0 Å². The van der Waals surface area contributed by atoms with Gasteiger partial charge >= 0.3 is 11.9 Å². The van der Waals surface area contributed by atoms with Crippen LogP contribution < -0.4 is 9.47 Å². The van der Waals surface area contributed by atoms with Crippen LogP contribution in [0.25, 0.3) is 0 Å². The number of allylic oxidation sites excluding steroid dienone is 2. The lowest BCUT2D eigenvalue weighted by Crippen LogP contribution is -2.00. The molecule has 0 spiro atoms. The molecular formula is C32H24Cl2O6. The van der Waals surface area contributed by atoms with E-state index < -0.39 is 11.9 Å². The summed E-state index contributed by atoms with van der Waals surface area (Å²) in [5.41, 5.74) is 2.82. The van der Waals surface area contributed by atoms with Gasteiger partial charge < -0.3 is 19.7 Å². The molecular weight excluding hydrogens is 551 g/mol. The maximum Gasteiger partial charge on any atom is 0.307 e. The van der Waals surface area contributed by atoms with E-state index in [0.717, 1.165) is 11.1 Å². The lowest BCUT2D eigenvalue weighted by atomic mass is 10.1. The van der Waals surface area contributed by atoms with Crippen molar-refractivity contribution >= 4 is 35.1 Å². The van der Waals surface area contributed by atoms with Gasteiger partial charge in [0.2, 0.25) is 0 Å². The van der Waals surface area contributed by atoms with Crippen LogP contribution in [0.15, 0.2) is 85.0 Å². The van der Waals surface area contributed by atoms with Crippen molar-refractivity contribution < 1.29 is 29.3 Å². The Labute approximate surface area is 242 Å². The molecule has 0 amide bonds. The van der Waals surface area contributed by atoms with Crippen molar-refractivity contribution in [1.29, 1.82) is 0 Å². The van der Waals surface area contributed by atoms with E-state index in [2.05, 4.69) is 23.7 Å². The molecule has 8 heteroatoms. The summed E-state index contributed by atoms with van der Waals surface area (Å²) in [5, 5.41) is 18.4. The maximum absolute atomic E-state index is 10.8. The van der Waals surface area contributed by atoms with E-state index in [0.29, 0.717) is 32.7 Å². The molecule has 202 valence electrons. The molecule has 0 bridgehead atoms. The molecule has 0 aromatic heterocycles. The average molecular weight is 575 g/mol. The Morgan fingerprint density at radius 3 is 1.55 bits per heavy atom. The van der Waals surface area contributed by atoms with E-state index in [4.69, 9.17) is 42.9 Å². The second kappa shape index (κ2) is 15.7. The minimum Gasteiger partial charge on any atom is -0.488 e. The largest absolute Gasteiger partial charge is 0.488 e. The van der Waals surface area contributed by atoms with Gasteiger partial charge in [-0.3, -0.25) is 9.59 Å². The normalized spacial score (nSPS) is 10.4. The number of aliphatic carboxylic acids is 2. The standard InChI is InChI=1S/C32H24Cl2O6/c33-27-19-25(21-31(35)36)12-14-29(27)39-16-5-1-3-8-23-10-7-11-24(18-23)9-4-2-6-17-40-30-15-13-26(20-28(30)34)22-32(37)38/h1-2,5-7,10-15,18-20H,16-17,21-22H2,(H,35,36)(H,37,38). The molecule has 3 rings (SSSR count). The summed E-state index contributed by atoms with van der Waals surface area (Å²) >= 11 is 12.3. The second-order valence-corrected chi connectivity index (χ2v) is 9.03. The Hall–Kier alpha value is -4.62. The van der Waals surface area contributed by atoms with Crippen molar-refractivity contribution in [3.63, 3.8) is 0 Å². The Morgan fingerprint density at radius 2 is 1.15 bits per heavy atom. The van der Waals surface area contributed by atoms with Crippen molar-refractivity contribution in [2.24, 2.45) is 0 Å². The molecule has 40 heavy (non-hydrogen) atoms. The molecule has 3 aromatic rings. The third kappa shape index (κ3) is 10.6. The number of benzene rings is 3. The third-order valence-corrected chi connectivity index (χ3v) is 5.66. The number of hydrogen-bond donors (Lipinski definition) is 2. The van der Waals surface area contributed by atoms with Crippen LogP contribution in [0.4, 0.5) is 0 Å². The molecule has 2 N–H and O–H groups in total. The SMILES string of the molecule is O=C(O)Cc1ccc(OCC=CC#Cc2cccc(C#CC=CCOc3ccc(CC(=O)O)cc3Cl)c2)c(Cl)c1. The molecule has 0 saturated heterocycles. The highest BCUT2D eigenvalue weighted by Gasteiger charge is 2.06. The Kier molecular flexibility index (Phi) is 11.8. The molecule has 0 unspecified atom stereocenters. The summed E-state index contributed by atoms with van der Waals surface area (Å²) in [5.74, 6) is 11.1. The van der Waals surface area contributed by atoms with Crippen molar-refractivity contribution in [2.45, 2.75) is 12.8 Å². The van der Waals surface area contributed by atoms with E-state index in [1.165, 1.54) is 0 Å². The van der Waals surface area contributed by atoms with Crippen LogP contribution in [-0.2, 0) is 22.4 Å². The number of ether oxygens (including phenoxy) is 2. The minimum absolute atomic E-state index is 0.0983. The zero-order chi connectivity index (χ0) is 28.7. The highest BCUT2D eigenvalue weighted by molar-refractivity contribution is 6.32. The van der Waals surface area contributed by atoms with Gasteiger partial charge in [-0.25, -0.2) is 0 Å². The molecule has 0 atom stereocenters. The number of carboxylic acids is 2. The van der Waals surface area contributed by atoms with Crippen LogP contribution >= 0.6 is 23.2 Å². The molecule has 0 fully saturated rings. The zero-order valence-electron chi connectivity index (χ0n) is 21.2. The van der Waals surface area contributed by atoms with Crippen molar-refractivity contribution in [1.82, 2.24) is 0 Å². The van der Waals surface area contributed by atoms with Gasteiger partial charge in [-0.1, -0.05) is 65.1 Å². The summed E-state index contributed by atoms with van der Waals surface area (Å²) in [6.45, 7) is 0.521. The van der Waals surface area contributed by atoms with Crippen LogP contribution in [0.3, 0.4) is 0 Å². The van der Waals surface area contributed by atoms with Gasteiger partial charge in [-0.15, -0.1) is 0 Å². The second-order valence-electron chi connectivity index (χ2n) is 8.22. The summed E-state index contributed by atoms with van der Waals surface area (Å²) in [6, 6.07) is 17.3. The number of hydrogen-bond acceptors (Lipinski definition) is 4. The minimum atomic E-state index is -0.922. The molecule has 0 saturated carbocycles. The maximum atomic E-state index is 10.8. The Bertz CT molecular complexity index is 1440. The number of carboxylic acid groups (broad SMARTS) is 2. The van der Waals surface area contributed by atoms with Crippen molar-refractivity contribution in [3.05, 3.63) is 117 Å². The van der Waals surface area contributed by atoms with Gasteiger partial charge in [0, 0.05) is 11.1 Å². The molecule has 0 heterocycles. The molecule has 0 aliphatic carbocycles. The molecule has 3 aromatic carbocycles. The van der Waals surface area contributed by atoms with Crippen LogP contribution in [-0.4, -0.2) is 35.4 Å². The van der Waals surface area contributed by atoms with E-state index in [1.54, 1.807) is 60.7 Å². The Morgan fingerprint density at radius 1 is 0.700 bits per heavy atom. The lowest BCUT2D eigenvalue weighted by molar-refractivity contribution is -0.137. The predicted octanol–water partition coefficient (Wildman–Crippen LogP) is 6.22. The van der Waals surface area contributed by atoms with Gasteiger partial charge in [0.05, 0.1) is 22.9 Å². The van der Waals surface area contributed by atoms with Crippen LogP contribution in [0, 0.1) is 23.7 Å². The van der Waals surface area contributed by atoms with E-state index in [-0.39, 0.29) is 26.1 Å². The molecule has 6 nitrogen and oxygen atoms in total. The first-order valence-corrected chi connectivity index (χ1v) is 12.7. The lowest BCUT2D eigenvalue weighted by Gasteiger charge is -2.06. The van der Waals surface area contributed by atoms with E-state index in [9.17, 15) is 9.59 Å². The highest BCUT2D eigenvalue weighted by atomic mass is 35.5. The third-order valence-electron chi connectivity index (χ3n) is 5.07. The fraction of sp³-hybridized carbons (Fsp3) is 0.125. The van der Waals surface area contributed by atoms with Gasteiger partial charge in [-0.05, 0) is 77.9 Å². The van der Waals surface area contributed by atoms with Crippen LogP contribution in [0.2, 0.25) is 10.0 Å². The van der Waals surface area contributed by atoms with Crippen molar-refractivity contribution in [2.75, 3.05) is 13.2 Å². The van der Waals surface area contributed by atoms with Crippen LogP contribution in [0.5, 0.6) is 11.5 Å². The summed E-state index contributed by atoms with van der Waals surface area (Å²) in [7, 11) is 0.